The smallest absolute Gasteiger partial charge is 0.225 e. The summed E-state index contributed by atoms with van der Waals surface area (Å²) in [7, 11) is 1.59. The van der Waals surface area contributed by atoms with Crippen molar-refractivity contribution in [1.29, 1.82) is 0 Å². The minimum Gasteiger partial charge on any atom is -0.497 e. The molecule has 148 valence electrons. The average molecular weight is 384 g/mol. The standard InChI is InChI=1S/C22H25FN2O3/c1-3-25-20(26)12-11-19(21(25)16-5-4-6-18(13-16)28-2)22(27)24-14-15-7-9-17(23)10-8-15/h4-10,13,19,21H,3,11-12,14H2,1-2H3,(H,24,27)/t19-,21+/m1/s1. The van der Waals surface area contributed by atoms with E-state index in [9.17, 15) is 14.0 Å². The zero-order valence-corrected chi connectivity index (χ0v) is 16.2. The SMILES string of the molecule is CCN1C(=O)CC[C@@H](C(=O)NCc2ccc(F)cc2)[C@@H]1c1cccc(OC)c1. The molecule has 0 bridgehead atoms. The highest BCUT2D eigenvalue weighted by Gasteiger charge is 2.39. The maximum atomic E-state index is 13.1. The number of ether oxygens (including phenoxy) is 1. The molecule has 0 unspecified atom stereocenters. The van der Waals surface area contributed by atoms with E-state index in [1.165, 1.54) is 12.1 Å². The van der Waals surface area contributed by atoms with Crippen LogP contribution in [0.25, 0.3) is 0 Å². The van der Waals surface area contributed by atoms with Gasteiger partial charge in [0, 0.05) is 19.5 Å². The monoisotopic (exact) mass is 384 g/mol. The summed E-state index contributed by atoms with van der Waals surface area (Å²) in [6.07, 6.45) is 0.843. The Bertz CT molecular complexity index is 838. The van der Waals surface area contributed by atoms with E-state index >= 15 is 0 Å². The number of carbonyl (C=O) groups excluding carboxylic acids is 2. The van der Waals surface area contributed by atoms with Crippen LogP contribution in [-0.4, -0.2) is 30.4 Å². The highest BCUT2D eigenvalue weighted by Crippen LogP contribution is 2.37. The number of halogens is 1. The van der Waals surface area contributed by atoms with Gasteiger partial charge in [-0.15, -0.1) is 0 Å². The fourth-order valence-electron chi connectivity index (χ4n) is 3.76. The Kier molecular flexibility index (Phi) is 6.29. The first-order valence-electron chi connectivity index (χ1n) is 9.49. The Morgan fingerprint density at radius 3 is 2.68 bits per heavy atom. The highest BCUT2D eigenvalue weighted by molar-refractivity contribution is 5.85. The van der Waals surface area contributed by atoms with E-state index in [0.717, 1.165) is 11.1 Å². The second-order valence-electron chi connectivity index (χ2n) is 6.89. The number of benzene rings is 2. The zero-order chi connectivity index (χ0) is 20.1. The van der Waals surface area contributed by atoms with Gasteiger partial charge in [-0.05, 0) is 48.7 Å². The summed E-state index contributed by atoms with van der Waals surface area (Å²) in [6, 6.07) is 13.2. The van der Waals surface area contributed by atoms with Crippen molar-refractivity contribution in [1.82, 2.24) is 10.2 Å². The van der Waals surface area contributed by atoms with Crippen LogP contribution < -0.4 is 10.1 Å². The van der Waals surface area contributed by atoms with E-state index < -0.39 is 0 Å². The number of hydrogen-bond donors (Lipinski definition) is 1. The number of nitrogens with one attached hydrogen (secondary N) is 1. The molecule has 0 saturated carbocycles. The molecule has 1 aliphatic heterocycles. The lowest BCUT2D eigenvalue weighted by atomic mass is 9.83. The quantitative estimate of drug-likeness (QED) is 0.830. The van der Waals surface area contributed by atoms with Gasteiger partial charge in [-0.1, -0.05) is 24.3 Å². The molecule has 3 rings (SSSR count). The van der Waals surface area contributed by atoms with Crippen molar-refractivity contribution < 1.29 is 18.7 Å². The molecule has 1 saturated heterocycles. The molecule has 28 heavy (non-hydrogen) atoms. The van der Waals surface area contributed by atoms with Crippen molar-refractivity contribution in [3.05, 3.63) is 65.5 Å². The summed E-state index contributed by atoms with van der Waals surface area (Å²) in [5.74, 6) is -0.0270. The second kappa shape index (κ2) is 8.87. The number of likely N-dealkylation sites (tertiary alicyclic amines) is 1. The fourth-order valence-corrected chi connectivity index (χ4v) is 3.76. The van der Waals surface area contributed by atoms with E-state index in [0.29, 0.717) is 31.7 Å². The number of piperidine rings is 1. The number of nitrogens with zero attached hydrogens (tertiary/aromatic N) is 1. The fraction of sp³-hybridized carbons (Fsp3) is 0.364. The van der Waals surface area contributed by atoms with Crippen molar-refractivity contribution in [3.63, 3.8) is 0 Å². The molecule has 1 aliphatic rings. The first kappa shape index (κ1) is 19.9. The molecule has 1 N–H and O–H groups in total. The van der Waals surface area contributed by atoms with Crippen LogP contribution in [0.5, 0.6) is 5.75 Å². The molecule has 1 fully saturated rings. The summed E-state index contributed by atoms with van der Waals surface area (Å²) >= 11 is 0. The first-order chi connectivity index (χ1) is 13.5. The Balaban J connectivity index is 1.82. The van der Waals surface area contributed by atoms with Gasteiger partial charge in [0.05, 0.1) is 19.1 Å². The summed E-state index contributed by atoms with van der Waals surface area (Å²) < 4.78 is 18.4. The molecule has 1 heterocycles. The number of amides is 2. The van der Waals surface area contributed by atoms with Gasteiger partial charge in [0.1, 0.15) is 11.6 Å². The van der Waals surface area contributed by atoms with Crippen LogP contribution in [0.2, 0.25) is 0 Å². The van der Waals surface area contributed by atoms with Crippen molar-refractivity contribution in [2.75, 3.05) is 13.7 Å². The minimum absolute atomic E-state index is 0.0536. The molecule has 2 aromatic rings. The summed E-state index contributed by atoms with van der Waals surface area (Å²) in [6.45, 7) is 2.77. The van der Waals surface area contributed by atoms with Gasteiger partial charge in [0.2, 0.25) is 11.8 Å². The molecular weight excluding hydrogens is 359 g/mol. The normalized spacial score (nSPS) is 19.4. The van der Waals surface area contributed by atoms with Gasteiger partial charge in [-0.25, -0.2) is 4.39 Å². The topological polar surface area (TPSA) is 58.6 Å². The molecule has 0 spiro atoms. The van der Waals surface area contributed by atoms with Crippen molar-refractivity contribution in [2.24, 2.45) is 5.92 Å². The van der Waals surface area contributed by atoms with Gasteiger partial charge in [0.15, 0.2) is 0 Å². The van der Waals surface area contributed by atoms with Crippen LogP contribution in [0, 0.1) is 11.7 Å². The van der Waals surface area contributed by atoms with Crippen LogP contribution in [0.15, 0.2) is 48.5 Å². The summed E-state index contributed by atoms with van der Waals surface area (Å²) in [5.41, 5.74) is 1.71. The Labute approximate surface area is 164 Å². The van der Waals surface area contributed by atoms with E-state index in [4.69, 9.17) is 4.74 Å². The molecule has 0 aliphatic carbocycles. The largest absolute Gasteiger partial charge is 0.497 e. The third-order valence-corrected chi connectivity index (χ3v) is 5.20. The number of carbonyl (C=O) groups is 2. The molecule has 6 heteroatoms. The van der Waals surface area contributed by atoms with Gasteiger partial charge in [-0.3, -0.25) is 9.59 Å². The third-order valence-electron chi connectivity index (χ3n) is 5.20. The van der Waals surface area contributed by atoms with Crippen LogP contribution in [0.1, 0.15) is 36.9 Å². The van der Waals surface area contributed by atoms with Gasteiger partial charge >= 0.3 is 0 Å². The van der Waals surface area contributed by atoms with Gasteiger partial charge < -0.3 is 15.0 Å². The lowest BCUT2D eigenvalue weighted by Gasteiger charge is -2.40. The molecule has 2 amide bonds. The van der Waals surface area contributed by atoms with E-state index in [1.54, 1.807) is 24.1 Å². The lowest BCUT2D eigenvalue weighted by Crippen LogP contribution is -2.47. The maximum absolute atomic E-state index is 13.1. The summed E-state index contributed by atoms with van der Waals surface area (Å²) in [4.78, 5) is 27.2. The van der Waals surface area contributed by atoms with E-state index in [-0.39, 0.29) is 29.6 Å². The maximum Gasteiger partial charge on any atom is 0.225 e. The highest BCUT2D eigenvalue weighted by atomic mass is 19.1. The average Bonchev–Trinajstić information content (AvgIpc) is 2.72. The Morgan fingerprint density at radius 2 is 2.00 bits per heavy atom. The molecule has 2 atom stereocenters. The molecule has 0 radical (unpaired) electrons. The molecular formula is C22H25FN2O3. The van der Waals surface area contributed by atoms with Crippen LogP contribution in [0.3, 0.4) is 0 Å². The zero-order valence-electron chi connectivity index (χ0n) is 16.2. The van der Waals surface area contributed by atoms with E-state index in [1.807, 2.05) is 31.2 Å². The third kappa shape index (κ3) is 4.32. The van der Waals surface area contributed by atoms with Crippen molar-refractivity contribution in [3.8, 4) is 5.75 Å². The van der Waals surface area contributed by atoms with Crippen molar-refractivity contribution >= 4 is 11.8 Å². The van der Waals surface area contributed by atoms with Crippen molar-refractivity contribution in [2.45, 2.75) is 32.4 Å². The van der Waals surface area contributed by atoms with Gasteiger partial charge in [0.25, 0.3) is 0 Å². The van der Waals surface area contributed by atoms with Crippen LogP contribution >= 0.6 is 0 Å². The molecule has 2 aromatic carbocycles. The minimum atomic E-state index is -0.356. The second-order valence-corrected chi connectivity index (χ2v) is 6.89. The number of rotatable bonds is 6. The first-order valence-corrected chi connectivity index (χ1v) is 9.49. The number of methoxy groups -OCH3 is 1. The van der Waals surface area contributed by atoms with E-state index in [2.05, 4.69) is 5.32 Å². The predicted molar refractivity (Wildman–Crippen MR) is 104 cm³/mol. The summed E-state index contributed by atoms with van der Waals surface area (Å²) in [5, 5.41) is 2.95. The molecule has 5 nitrogen and oxygen atoms in total. The Morgan fingerprint density at radius 1 is 1.25 bits per heavy atom. The Hall–Kier alpha value is -2.89. The molecule has 0 aromatic heterocycles. The predicted octanol–water partition coefficient (Wildman–Crippen LogP) is 3.45. The van der Waals surface area contributed by atoms with Crippen LogP contribution in [-0.2, 0) is 16.1 Å². The number of hydrogen-bond acceptors (Lipinski definition) is 3. The lowest BCUT2D eigenvalue weighted by molar-refractivity contribution is -0.143. The van der Waals surface area contributed by atoms with Gasteiger partial charge in [-0.2, -0.15) is 0 Å². The van der Waals surface area contributed by atoms with Crippen LogP contribution in [0.4, 0.5) is 4.39 Å².